The minimum atomic E-state index is -0.345. The predicted octanol–water partition coefficient (Wildman–Crippen LogP) is 3.53. The van der Waals surface area contributed by atoms with Gasteiger partial charge in [0, 0.05) is 31.2 Å². The lowest BCUT2D eigenvalue weighted by Gasteiger charge is -2.27. The summed E-state index contributed by atoms with van der Waals surface area (Å²) >= 11 is 0. The van der Waals surface area contributed by atoms with Gasteiger partial charge >= 0.3 is 0 Å². The van der Waals surface area contributed by atoms with Crippen molar-refractivity contribution in [3.8, 4) is 16.8 Å². The molecule has 0 bridgehead atoms. The minimum absolute atomic E-state index is 0.123. The van der Waals surface area contributed by atoms with Gasteiger partial charge in [-0.3, -0.25) is 14.6 Å². The maximum absolute atomic E-state index is 13.2. The second-order valence-corrected chi connectivity index (χ2v) is 7.43. The number of benzene rings is 2. The SMILES string of the molecule is O=C(c1cn(-c2cccc(-c3ccccc3)c2)c2cccnc2c1=O)N1CCOCC1. The van der Waals surface area contributed by atoms with Gasteiger partial charge in [-0.2, -0.15) is 0 Å². The smallest absolute Gasteiger partial charge is 0.259 e. The van der Waals surface area contributed by atoms with E-state index in [9.17, 15) is 9.59 Å². The normalized spacial score (nSPS) is 14.0. The summed E-state index contributed by atoms with van der Waals surface area (Å²) in [6, 6.07) is 21.8. The Morgan fingerprint density at radius 1 is 0.903 bits per heavy atom. The topological polar surface area (TPSA) is 64.4 Å². The molecule has 4 aromatic rings. The van der Waals surface area contributed by atoms with Crippen molar-refractivity contribution in [2.75, 3.05) is 26.3 Å². The molecule has 1 fully saturated rings. The molecule has 0 saturated carbocycles. The highest BCUT2D eigenvalue weighted by Gasteiger charge is 2.23. The van der Waals surface area contributed by atoms with E-state index >= 15 is 0 Å². The molecule has 0 aliphatic carbocycles. The van der Waals surface area contributed by atoms with Gasteiger partial charge in [0.2, 0.25) is 5.43 Å². The number of carbonyl (C=O) groups is 1. The highest BCUT2D eigenvalue weighted by molar-refractivity contribution is 5.97. The van der Waals surface area contributed by atoms with Gasteiger partial charge in [0.15, 0.2) is 0 Å². The van der Waals surface area contributed by atoms with Gasteiger partial charge in [-0.15, -0.1) is 0 Å². The maximum Gasteiger partial charge on any atom is 0.259 e. The number of morpholine rings is 1. The molecule has 1 aliphatic rings. The van der Waals surface area contributed by atoms with Gasteiger partial charge in [0.05, 0.1) is 18.7 Å². The Bertz CT molecular complexity index is 1310. The van der Waals surface area contributed by atoms with Crippen LogP contribution in [0.15, 0.2) is 83.9 Å². The van der Waals surface area contributed by atoms with Crippen molar-refractivity contribution in [2.24, 2.45) is 0 Å². The molecule has 2 aromatic carbocycles. The molecule has 0 N–H and O–H groups in total. The number of fused-ring (bicyclic) bond motifs is 1. The number of nitrogens with zero attached hydrogens (tertiary/aromatic N) is 3. The lowest BCUT2D eigenvalue weighted by atomic mass is 10.0. The summed E-state index contributed by atoms with van der Waals surface area (Å²) in [6.07, 6.45) is 3.23. The van der Waals surface area contributed by atoms with E-state index in [1.165, 1.54) is 0 Å². The van der Waals surface area contributed by atoms with Crippen molar-refractivity contribution >= 4 is 16.9 Å². The Morgan fingerprint density at radius 3 is 2.48 bits per heavy atom. The predicted molar refractivity (Wildman–Crippen MR) is 119 cm³/mol. The van der Waals surface area contributed by atoms with Crippen LogP contribution in [0.2, 0.25) is 0 Å². The molecule has 1 aliphatic heterocycles. The summed E-state index contributed by atoms with van der Waals surface area (Å²) in [6.45, 7) is 1.90. The Morgan fingerprint density at radius 2 is 1.68 bits per heavy atom. The second kappa shape index (κ2) is 8.16. The molecule has 1 amide bonds. The van der Waals surface area contributed by atoms with Crippen LogP contribution in [0.5, 0.6) is 0 Å². The van der Waals surface area contributed by atoms with E-state index in [0.717, 1.165) is 16.8 Å². The number of amides is 1. The van der Waals surface area contributed by atoms with E-state index in [-0.39, 0.29) is 22.4 Å². The Kier molecular flexibility index (Phi) is 5.06. The maximum atomic E-state index is 13.2. The van der Waals surface area contributed by atoms with E-state index in [4.69, 9.17) is 4.74 Å². The highest BCUT2D eigenvalue weighted by Crippen LogP contribution is 2.24. The summed E-state index contributed by atoms with van der Waals surface area (Å²) in [5.41, 5.74) is 3.73. The summed E-state index contributed by atoms with van der Waals surface area (Å²) in [5, 5.41) is 0. The van der Waals surface area contributed by atoms with Crippen LogP contribution in [0.3, 0.4) is 0 Å². The molecule has 154 valence electrons. The van der Waals surface area contributed by atoms with Gasteiger partial charge in [0.25, 0.3) is 5.91 Å². The Balaban J connectivity index is 1.68. The van der Waals surface area contributed by atoms with Crippen molar-refractivity contribution in [3.63, 3.8) is 0 Å². The number of carbonyl (C=O) groups excluding carboxylic acids is 1. The number of hydrogen-bond donors (Lipinski definition) is 0. The first kappa shape index (κ1) is 19.2. The van der Waals surface area contributed by atoms with Crippen LogP contribution < -0.4 is 5.43 Å². The molecule has 0 radical (unpaired) electrons. The molecule has 5 rings (SSSR count). The van der Waals surface area contributed by atoms with Gasteiger partial charge in [-0.25, -0.2) is 0 Å². The highest BCUT2D eigenvalue weighted by atomic mass is 16.5. The third kappa shape index (κ3) is 3.62. The van der Waals surface area contributed by atoms with Crippen LogP contribution >= 0.6 is 0 Å². The molecule has 6 nitrogen and oxygen atoms in total. The molecular formula is C25H21N3O3. The zero-order chi connectivity index (χ0) is 21.2. The lowest BCUT2D eigenvalue weighted by molar-refractivity contribution is 0.0302. The summed E-state index contributed by atoms with van der Waals surface area (Å²) in [4.78, 5) is 32.3. The fourth-order valence-corrected chi connectivity index (χ4v) is 3.92. The summed E-state index contributed by atoms with van der Waals surface area (Å²) in [7, 11) is 0. The molecule has 1 saturated heterocycles. The standard InChI is InChI=1S/C25H21N3O3/c29-24-21(25(30)27-12-14-31-15-13-27)17-28(22-10-5-11-26-23(22)24)20-9-4-8-19(16-20)18-6-2-1-3-7-18/h1-11,16-17H,12-15H2. The summed E-state index contributed by atoms with van der Waals surface area (Å²) < 4.78 is 7.22. The van der Waals surface area contributed by atoms with Crippen LogP contribution in [-0.4, -0.2) is 46.7 Å². The van der Waals surface area contributed by atoms with Crippen molar-refractivity contribution in [1.82, 2.24) is 14.5 Å². The van der Waals surface area contributed by atoms with Crippen LogP contribution in [0, 0.1) is 0 Å². The third-order valence-electron chi connectivity index (χ3n) is 5.52. The van der Waals surface area contributed by atoms with E-state index < -0.39 is 0 Å². The molecule has 3 heterocycles. The first-order chi connectivity index (χ1) is 15.2. The monoisotopic (exact) mass is 411 g/mol. The molecule has 6 heteroatoms. The Hall–Kier alpha value is -3.77. The fraction of sp³-hybridized carbons (Fsp3) is 0.160. The van der Waals surface area contributed by atoms with Crippen LogP contribution in [-0.2, 0) is 4.74 Å². The van der Waals surface area contributed by atoms with Crippen LogP contribution in [0.4, 0.5) is 0 Å². The molecule has 0 unspecified atom stereocenters. The number of aromatic nitrogens is 2. The van der Waals surface area contributed by atoms with Gasteiger partial charge in [-0.05, 0) is 35.4 Å². The van der Waals surface area contributed by atoms with Crippen molar-refractivity contribution in [2.45, 2.75) is 0 Å². The number of rotatable bonds is 3. The van der Waals surface area contributed by atoms with Crippen molar-refractivity contribution in [3.05, 3.63) is 94.9 Å². The minimum Gasteiger partial charge on any atom is -0.378 e. The molecule has 31 heavy (non-hydrogen) atoms. The molecule has 0 atom stereocenters. The van der Waals surface area contributed by atoms with Gasteiger partial charge < -0.3 is 14.2 Å². The van der Waals surface area contributed by atoms with E-state index in [1.54, 1.807) is 23.4 Å². The largest absolute Gasteiger partial charge is 0.378 e. The van der Waals surface area contributed by atoms with E-state index in [1.807, 2.05) is 47.0 Å². The second-order valence-electron chi connectivity index (χ2n) is 7.43. The first-order valence-electron chi connectivity index (χ1n) is 10.3. The first-order valence-corrected chi connectivity index (χ1v) is 10.3. The average Bonchev–Trinajstić information content (AvgIpc) is 2.85. The van der Waals surface area contributed by atoms with Crippen molar-refractivity contribution in [1.29, 1.82) is 0 Å². The quantitative estimate of drug-likeness (QED) is 0.517. The molecule has 0 spiro atoms. The zero-order valence-corrected chi connectivity index (χ0v) is 16.9. The summed E-state index contributed by atoms with van der Waals surface area (Å²) in [5.74, 6) is -0.284. The van der Waals surface area contributed by atoms with E-state index in [0.29, 0.717) is 31.8 Å². The number of hydrogen-bond acceptors (Lipinski definition) is 4. The molecular weight excluding hydrogens is 390 g/mol. The fourth-order valence-electron chi connectivity index (χ4n) is 3.92. The molecule has 2 aromatic heterocycles. The van der Waals surface area contributed by atoms with Crippen LogP contribution in [0.1, 0.15) is 10.4 Å². The van der Waals surface area contributed by atoms with Gasteiger partial charge in [-0.1, -0.05) is 42.5 Å². The Labute approximate surface area is 179 Å². The average molecular weight is 411 g/mol. The van der Waals surface area contributed by atoms with Crippen LogP contribution in [0.25, 0.3) is 27.8 Å². The third-order valence-corrected chi connectivity index (χ3v) is 5.52. The van der Waals surface area contributed by atoms with Crippen molar-refractivity contribution < 1.29 is 9.53 Å². The van der Waals surface area contributed by atoms with E-state index in [2.05, 4.69) is 23.2 Å². The lowest BCUT2D eigenvalue weighted by Crippen LogP contribution is -2.42. The zero-order valence-electron chi connectivity index (χ0n) is 16.9. The number of pyridine rings is 2. The number of ether oxygens (including phenoxy) is 1. The van der Waals surface area contributed by atoms with Gasteiger partial charge in [0.1, 0.15) is 11.1 Å².